The Morgan fingerprint density at radius 2 is 2.23 bits per heavy atom. The van der Waals surface area contributed by atoms with Gasteiger partial charge in [-0.25, -0.2) is 0 Å². The summed E-state index contributed by atoms with van der Waals surface area (Å²) in [7, 11) is 0. The summed E-state index contributed by atoms with van der Waals surface area (Å²) in [5.41, 5.74) is 0.150. The standard InChI is InChI=1S/C14H15ClF3NO3/c15-9-3-4-11(12(6-9)22-8-14(16,17)18)19-13(20)7-10-2-1-5-21-10/h3-4,6,10H,1-2,5,7-8H2,(H,19,20). The molecule has 22 heavy (non-hydrogen) atoms. The molecular formula is C14H15ClF3NO3. The summed E-state index contributed by atoms with van der Waals surface area (Å²) < 4.78 is 46.8. The van der Waals surface area contributed by atoms with E-state index in [1.54, 1.807) is 0 Å². The van der Waals surface area contributed by atoms with Gasteiger partial charge < -0.3 is 14.8 Å². The molecule has 0 aromatic heterocycles. The van der Waals surface area contributed by atoms with E-state index in [2.05, 4.69) is 5.32 Å². The predicted molar refractivity (Wildman–Crippen MR) is 75.2 cm³/mol. The van der Waals surface area contributed by atoms with Gasteiger partial charge in [0.1, 0.15) is 5.75 Å². The van der Waals surface area contributed by atoms with Crippen molar-refractivity contribution < 1.29 is 27.4 Å². The van der Waals surface area contributed by atoms with E-state index in [9.17, 15) is 18.0 Å². The van der Waals surface area contributed by atoms with Gasteiger partial charge >= 0.3 is 6.18 Å². The molecule has 122 valence electrons. The average molecular weight is 338 g/mol. The number of amides is 1. The first-order valence-corrected chi connectivity index (χ1v) is 7.12. The smallest absolute Gasteiger partial charge is 0.422 e. The fourth-order valence-electron chi connectivity index (χ4n) is 2.09. The molecule has 1 aromatic rings. The molecule has 2 rings (SSSR count). The van der Waals surface area contributed by atoms with Gasteiger partial charge in [-0.05, 0) is 25.0 Å². The Hall–Kier alpha value is -1.47. The van der Waals surface area contributed by atoms with E-state index in [-0.39, 0.29) is 34.9 Å². The molecule has 1 atom stereocenters. The number of rotatable bonds is 5. The van der Waals surface area contributed by atoms with Crippen LogP contribution in [0.4, 0.5) is 18.9 Å². The van der Waals surface area contributed by atoms with Gasteiger partial charge in [0.15, 0.2) is 6.61 Å². The summed E-state index contributed by atoms with van der Waals surface area (Å²) in [6, 6.07) is 4.10. The van der Waals surface area contributed by atoms with Crippen LogP contribution in [0, 0.1) is 0 Å². The number of alkyl halides is 3. The van der Waals surface area contributed by atoms with Crippen LogP contribution >= 0.6 is 11.6 Å². The maximum absolute atomic E-state index is 12.2. The SMILES string of the molecule is O=C(CC1CCCO1)Nc1ccc(Cl)cc1OCC(F)(F)F. The molecule has 1 unspecified atom stereocenters. The van der Waals surface area contributed by atoms with Gasteiger partial charge in [-0.2, -0.15) is 13.2 Å². The molecule has 8 heteroatoms. The van der Waals surface area contributed by atoms with E-state index in [1.165, 1.54) is 18.2 Å². The van der Waals surface area contributed by atoms with Crippen LogP contribution in [-0.4, -0.2) is 31.4 Å². The second-order valence-electron chi connectivity index (χ2n) is 4.93. The number of carbonyl (C=O) groups is 1. The van der Waals surface area contributed by atoms with Gasteiger partial charge in [0.25, 0.3) is 0 Å². The lowest BCUT2D eigenvalue weighted by molar-refractivity contribution is -0.153. The molecule has 1 N–H and O–H groups in total. The summed E-state index contributed by atoms with van der Waals surface area (Å²) in [5.74, 6) is -0.461. The van der Waals surface area contributed by atoms with Gasteiger partial charge in [-0.3, -0.25) is 4.79 Å². The maximum atomic E-state index is 12.2. The number of hydrogen-bond donors (Lipinski definition) is 1. The van der Waals surface area contributed by atoms with Crippen molar-refractivity contribution in [3.63, 3.8) is 0 Å². The zero-order valence-corrected chi connectivity index (χ0v) is 12.3. The third kappa shape index (κ3) is 5.38. The molecule has 1 amide bonds. The average Bonchev–Trinajstić information content (AvgIpc) is 2.91. The number of benzene rings is 1. The highest BCUT2D eigenvalue weighted by atomic mass is 35.5. The molecule has 1 heterocycles. The minimum Gasteiger partial charge on any atom is -0.482 e. The van der Waals surface area contributed by atoms with Gasteiger partial charge in [0, 0.05) is 17.7 Å². The first-order chi connectivity index (χ1) is 10.3. The minimum atomic E-state index is -4.47. The number of anilines is 1. The van der Waals surface area contributed by atoms with Crippen molar-refractivity contribution in [2.75, 3.05) is 18.5 Å². The summed E-state index contributed by atoms with van der Waals surface area (Å²) in [5, 5.41) is 2.75. The van der Waals surface area contributed by atoms with Crippen LogP contribution in [0.15, 0.2) is 18.2 Å². The molecule has 0 saturated carbocycles. The van der Waals surface area contributed by atoms with Crippen molar-refractivity contribution in [1.82, 2.24) is 0 Å². The van der Waals surface area contributed by atoms with Crippen LogP contribution < -0.4 is 10.1 Å². The van der Waals surface area contributed by atoms with E-state index >= 15 is 0 Å². The Morgan fingerprint density at radius 3 is 2.86 bits per heavy atom. The minimum absolute atomic E-state index is 0.120. The first-order valence-electron chi connectivity index (χ1n) is 6.74. The van der Waals surface area contributed by atoms with Crippen LogP contribution in [0.3, 0.4) is 0 Å². The summed E-state index contributed by atoms with van der Waals surface area (Å²) >= 11 is 5.75. The van der Waals surface area contributed by atoms with Crippen LogP contribution in [0.25, 0.3) is 0 Å². The lowest BCUT2D eigenvalue weighted by Gasteiger charge is -2.15. The quantitative estimate of drug-likeness (QED) is 0.889. The second kappa shape index (κ2) is 7.19. The van der Waals surface area contributed by atoms with E-state index in [1.807, 2.05) is 0 Å². The van der Waals surface area contributed by atoms with Crippen LogP contribution in [0.5, 0.6) is 5.75 Å². The van der Waals surface area contributed by atoms with Crippen molar-refractivity contribution in [1.29, 1.82) is 0 Å². The maximum Gasteiger partial charge on any atom is 0.422 e. The van der Waals surface area contributed by atoms with Crippen molar-refractivity contribution in [3.8, 4) is 5.75 Å². The summed E-state index contributed by atoms with van der Waals surface area (Å²) in [4.78, 5) is 11.9. The van der Waals surface area contributed by atoms with E-state index < -0.39 is 12.8 Å². The molecule has 0 aliphatic carbocycles. The highest BCUT2D eigenvalue weighted by Gasteiger charge is 2.29. The van der Waals surface area contributed by atoms with Gasteiger partial charge in [-0.15, -0.1) is 0 Å². The lowest BCUT2D eigenvalue weighted by Crippen LogP contribution is -2.22. The number of nitrogens with one attached hydrogen (secondary N) is 1. The Kier molecular flexibility index (Phi) is 5.52. The zero-order valence-electron chi connectivity index (χ0n) is 11.6. The Morgan fingerprint density at radius 1 is 1.45 bits per heavy atom. The topological polar surface area (TPSA) is 47.6 Å². The Bertz CT molecular complexity index is 531. The third-order valence-electron chi connectivity index (χ3n) is 3.05. The number of hydrogen-bond acceptors (Lipinski definition) is 3. The highest BCUT2D eigenvalue weighted by molar-refractivity contribution is 6.30. The molecule has 0 spiro atoms. The molecule has 1 aliphatic rings. The Balaban J connectivity index is 2.00. The molecule has 0 radical (unpaired) electrons. The molecule has 1 fully saturated rings. The molecular weight excluding hydrogens is 323 g/mol. The van der Waals surface area contributed by atoms with Crippen LogP contribution in [0.1, 0.15) is 19.3 Å². The highest BCUT2D eigenvalue weighted by Crippen LogP contribution is 2.30. The van der Waals surface area contributed by atoms with Crippen LogP contribution in [-0.2, 0) is 9.53 Å². The number of halogens is 4. The summed E-state index contributed by atoms with van der Waals surface area (Å²) in [6.07, 6.45) is -2.76. The molecule has 1 saturated heterocycles. The fraction of sp³-hybridized carbons (Fsp3) is 0.500. The van der Waals surface area contributed by atoms with E-state index in [4.69, 9.17) is 21.1 Å². The first kappa shape index (κ1) is 16.9. The van der Waals surface area contributed by atoms with E-state index in [0.29, 0.717) is 6.61 Å². The van der Waals surface area contributed by atoms with Gasteiger partial charge in [0.2, 0.25) is 5.91 Å². The van der Waals surface area contributed by atoms with Gasteiger partial charge in [-0.1, -0.05) is 11.6 Å². The molecule has 0 bridgehead atoms. The van der Waals surface area contributed by atoms with Crippen molar-refractivity contribution >= 4 is 23.2 Å². The number of carbonyl (C=O) groups excluding carboxylic acids is 1. The van der Waals surface area contributed by atoms with Gasteiger partial charge in [0.05, 0.1) is 18.2 Å². The molecule has 1 aromatic carbocycles. The van der Waals surface area contributed by atoms with Crippen LogP contribution in [0.2, 0.25) is 5.02 Å². The lowest BCUT2D eigenvalue weighted by atomic mass is 10.1. The second-order valence-corrected chi connectivity index (χ2v) is 5.37. The Labute approximate surface area is 130 Å². The van der Waals surface area contributed by atoms with Crippen molar-refractivity contribution in [3.05, 3.63) is 23.2 Å². The van der Waals surface area contributed by atoms with E-state index in [0.717, 1.165) is 12.8 Å². The largest absolute Gasteiger partial charge is 0.482 e. The molecule has 1 aliphatic heterocycles. The normalized spacial score (nSPS) is 18.3. The third-order valence-corrected chi connectivity index (χ3v) is 3.28. The fourth-order valence-corrected chi connectivity index (χ4v) is 2.25. The predicted octanol–water partition coefficient (Wildman–Crippen LogP) is 3.79. The van der Waals surface area contributed by atoms with Crippen molar-refractivity contribution in [2.24, 2.45) is 0 Å². The zero-order chi connectivity index (χ0) is 16.2. The monoisotopic (exact) mass is 337 g/mol. The summed E-state index contributed by atoms with van der Waals surface area (Å²) in [6.45, 7) is -0.833. The van der Waals surface area contributed by atoms with Crippen molar-refractivity contribution in [2.45, 2.75) is 31.5 Å². The molecule has 4 nitrogen and oxygen atoms in total. The number of ether oxygens (including phenoxy) is 2.